The van der Waals surface area contributed by atoms with E-state index in [0.29, 0.717) is 11.8 Å². The standard InChI is InChI=1S/C21H19F4N3O/c1-13-17(14(2)28(27-13)16-6-4-3-5-7-16)11-20(29)26-12-15-8-9-18(19(22)10-15)21(23,24)25/h3-10H,11-12H2,1-2H3,(H,26,29). The fourth-order valence-electron chi connectivity index (χ4n) is 3.07. The number of nitrogens with one attached hydrogen (secondary N) is 1. The molecule has 0 unspecified atom stereocenters. The van der Waals surface area contributed by atoms with Crippen LogP contribution >= 0.6 is 0 Å². The second-order valence-corrected chi connectivity index (χ2v) is 6.66. The fraction of sp³-hybridized carbons (Fsp3) is 0.238. The van der Waals surface area contributed by atoms with E-state index in [-0.39, 0.29) is 24.4 Å². The molecule has 3 aromatic rings. The molecule has 1 N–H and O–H groups in total. The van der Waals surface area contributed by atoms with Gasteiger partial charge in [0.1, 0.15) is 5.82 Å². The minimum absolute atomic E-state index is 0.0631. The van der Waals surface area contributed by atoms with E-state index in [2.05, 4.69) is 10.4 Å². The van der Waals surface area contributed by atoms with E-state index in [1.807, 2.05) is 37.3 Å². The monoisotopic (exact) mass is 405 g/mol. The Morgan fingerprint density at radius 2 is 1.79 bits per heavy atom. The normalized spacial score (nSPS) is 11.5. The number of nitrogens with zero attached hydrogens (tertiary/aromatic N) is 2. The zero-order valence-corrected chi connectivity index (χ0v) is 15.8. The molecule has 1 aromatic heterocycles. The SMILES string of the molecule is Cc1nn(-c2ccccc2)c(C)c1CC(=O)NCc1ccc(C(F)(F)F)c(F)c1. The Morgan fingerprint density at radius 3 is 2.41 bits per heavy atom. The number of carbonyl (C=O) groups excluding carboxylic acids is 1. The van der Waals surface area contributed by atoms with Gasteiger partial charge < -0.3 is 5.32 Å². The van der Waals surface area contributed by atoms with E-state index in [0.717, 1.165) is 29.1 Å². The predicted octanol–water partition coefficient (Wildman–Crippen LogP) is 4.51. The van der Waals surface area contributed by atoms with Gasteiger partial charge in [-0.25, -0.2) is 9.07 Å². The Kier molecular flexibility index (Phi) is 5.72. The van der Waals surface area contributed by atoms with Gasteiger partial charge in [0, 0.05) is 17.8 Å². The number of carbonyl (C=O) groups is 1. The van der Waals surface area contributed by atoms with Crippen LogP contribution in [0.5, 0.6) is 0 Å². The van der Waals surface area contributed by atoms with E-state index >= 15 is 0 Å². The first-order chi connectivity index (χ1) is 13.7. The molecule has 0 atom stereocenters. The summed E-state index contributed by atoms with van der Waals surface area (Å²) in [4.78, 5) is 12.3. The largest absolute Gasteiger partial charge is 0.419 e. The molecule has 8 heteroatoms. The van der Waals surface area contributed by atoms with E-state index in [1.165, 1.54) is 0 Å². The smallest absolute Gasteiger partial charge is 0.352 e. The van der Waals surface area contributed by atoms with Gasteiger partial charge in [-0.05, 0) is 43.7 Å². The van der Waals surface area contributed by atoms with Crippen molar-refractivity contribution < 1.29 is 22.4 Å². The summed E-state index contributed by atoms with van der Waals surface area (Å²) in [6, 6.07) is 12.1. The Morgan fingerprint density at radius 1 is 1.10 bits per heavy atom. The van der Waals surface area contributed by atoms with Crippen LogP contribution in [-0.4, -0.2) is 15.7 Å². The lowest BCUT2D eigenvalue weighted by Gasteiger charge is -2.10. The highest BCUT2D eigenvalue weighted by atomic mass is 19.4. The average Bonchev–Trinajstić information content (AvgIpc) is 2.94. The molecule has 0 bridgehead atoms. The summed E-state index contributed by atoms with van der Waals surface area (Å²) >= 11 is 0. The number of hydrogen-bond acceptors (Lipinski definition) is 2. The minimum atomic E-state index is -4.75. The van der Waals surface area contributed by atoms with Crippen LogP contribution in [-0.2, 0) is 23.9 Å². The molecule has 0 aliphatic carbocycles. The summed E-state index contributed by atoms with van der Waals surface area (Å²) in [6.07, 6.45) is -4.69. The number of hydrogen-bond donors (Lipinski definition) is 1. The topological polar surface area (TPSA) is 46.9 Å². The van der Waals surface area contributed by atoms with Crippen molar-refractivity contribution in [3.05, 3.63) is 82.4 Å². The van der Waals surface area contributed by atoms with Crippen molar-refractivity contribution in [3.8, 4) is 5.69 Å². The van der Waals surface area contributed by atoms with Gasteiger partial charge in [-0.2, -0.15) is 18.3 Å². The molecular weight excluding hydrogens is 386 g/mol. The predicted molar refractivity (Wildman–Crippen MR) is 100.0 cm³/mol. The average molecular weight is 405 g/mol. The quantitative estimate of drug-likeness (QED) is 0.635. The molecule has 29 heavy (non-hydrogen) atoms. The Bertz CT molecular complexity index is 1030. The van der Waals surface area contributed by atoms with Crippen molar-refractivity contribution in [2.75, 3.05) is 0 Å². The van der Waals surface area contributed by atoms with E-state index in [4.69, 9.17) is 0 Å². The van der Waals surface area contributed by atoms with E-state index in [9.17, 15) is 22.4 Å². The molecule has 4 nitrogen and oxygen atoms in total. The summed E-state index contributed by atoms with van der Waals surface area (Å²) in [5.41, 5.74) is 2.10. The van der Waals surface area contributed by atoms with Crippen molar-refractivity contribution in [2.24, 2.45) is 0 Å². The summed E-state index contributed by atoms with van der Waals surface area (Å²) in [5, 5.41) is 7.09. The fourth-order valence-corrected chi connectivity index (χ4v) is 3.07. The lowest BCUT2D eigenvalue weighted by Crippen LogP contribution is -2.25. The molecule has 2 aromatic carbocycles. The van der Waals surface area contributed by atoms with Crippen LogP contribution in [0.3, 0.4) is 0 Å². The van der Waals surface area contributed by atoms with Crippen molar-refractivity contribution in [3.63, 3.8) is 0 Å². The number of halogens is 4. The number of aromatic nitrogens is 2. The van der Waals surface area contributed by atoms with Gasteiger partial charge in [0.2, 0.25) is 5.91 Å². The van der Waals surface area contributed by atoms with Crippen LogP contribution in [0.1, 0.15) is 28.1 Å². The first-order valence-electron chi connectivity index (χ1n) is 8.89. The number of rotatable bonds is 5. The lowest BCUT2D eigenvalue weighted by molar-refractivity contribution is -0.140. The van der Waals surface area contributed by atoms with Gasteiger partial charge >= 0.3 is 6.18 Å². The second kappa shape index (κ2) is 8.06. The number of aryl methyl sites for hydroxylation is 1. The Labute approximate surface area is 165 Å². The van der Waals surface area contributed by atoms with Gasteiger partial charge in [-0.3, -0.25) is 4.79 Å². The van der Waals surface area contributed by atoms with Crippen LogP contribution in [0, 0.1) is 19.7 Å². The van der Waals surface area contributed by atoms with Crippen molar-refractivity contribution in [1.82, 2.24) is 15.1 Å². The summed E-state index contributed by atoms with van der Waals surface area (Å²) in [7, 11) is 0. The molecule has 0 fully saturated rings. The van der Waals surface area contributed by atoms with Gasteiger partial charge in [-0.1, -0.05) is 24.3 Å². The highest BCUT2D eigenvalue weighted by Gasteiger charge is 2.33. The maximum absolute atomic E-state index is 13.6. The molecule has 3 rings (SSSR count). The van der Waals surface area contributed by atoms with Crippen molar-refractivity contribution in [2.45, 2.75) is 33.0 Å². The summed E-state index contributed by atoms with van der Waals surface area (Å²) in [5.74, 6) is -1.69. The van der Waals surface area contributed by atoms with Gasteiger partial charge in [0.05, 0.1) is 23.4 Å². The maximum atomic E-state index is 13.6. The number of alkyl halides is 3. The Balaban J connectivity index is 1.68. The number of para-hydroxylation sites is 1. The number of amides is 1. The third-order valence-corrected chi connectivity index (χ3v) is 4.61. The molecule has 0 spiro atoms. The minimum Gasteiger partial charge on any atom is -0.352 e. The van der Waals surface area contributed by atoms with Crippen LogP contribution in [0.15, 0.2) is 48.5 Å². The molecule has 1 amide bonds. The lowest BCUT2D eigenvalue weighted by atomic mass is 10.1. The van der Waals surface area contributed by atoms with Gasteiger partial charge in [0.25, 0.3) is 0 Å². The third-order valence-electron chi connectivity index (χ3n) is 4.61. The van der Waals surface area contributed by atoms with Crippen LogP contribution in [0.2, 0.25) is 0 Å². The molecular formula is C21H19F4N3O. The highest BCUT2D eigenvalue weighted by molar-refractivity contribution is 5.79. The zero-order valence-electron chi connectivity index (χ0n) is 15.8. The van der Waals surface area contributed by atoms with Crippen molar-refractivity contribution in [1.29, 1.82) is 0 Å². The summed E-state index contributed by atoms with van der Waals surface area (Å²) in [6.45, 7) is 3.60. The highest BCUT2D eigenvalue weighted by Crippen LogP contribution is 2.31. The molecule has 152 valence electrons. The first-order valence-corrected chi connectivity index (χ1v) is 8.89. The molecule has 0 aliphatic heterocycles. The van der Waals surface area contributed by atoms with E-state index < -0.39 is 17.6 Å². The molecule has 0 saturated heterocycles. The van der Waals surface area contributed by atoms with Crippen LogP contribution in [0.25, 0.3) is 5.69 Å². The van der Waals surface area contributed by atoms with Crippen molar-refractivity contribution >= 4 is 5.91 Å². The number of benzene rings is 2. The molecule has 0 saturated carbocycles. The van der Waals surface area contributed by atoms with Gasteiger partial charge in [0.15, 0.2) is 0 Å². The molecule has 0 aliphatic rings. The first kappa shape index (κ1) is 20.6. The van der Waals surface area contributed by atoms with Crippen LogP contribution in [0.4, 0.5) is 17.6 Å². The van der Waals surface area contributed by atoms with E-state index in [1.54, 1.807) is 11.6 Å². The van der Waals surface area contributed by atoms with Crippen LogP contribution < -0.4 is 5.32 Å². The maximum Gasteiger partial charge on any atom is 0.419 e. The Hall–Kier alpha value is -3.16. The molecule has 1 heterocycles. The molecule has 0 radical (unpaired) electrons. The third kappa shape index (κ3) is 4.64. The summed E-state index contributed by atoms with van der Waals surface area (Å²) < 4.78 is 53.3. The van der Waals surface area contributed by atoms with Gasteiger partial charge in [-0.15, -0.1) is 0 Å². The zero-order chi connectivity index (χ0) is 21.2. The second-order valence-electron chi connectivity index (χ2n) is 6.66.